The molecule has 0 bridgehead atoms. The molecule has 0 amide bonds. The van der Waals surface area contributed by atoms with Crippen LogP contribution in [0.4, 0.5) is 0 Å². The van der Waals surface area contributed by atoms with E-state index in [0.717, 1.165) is 51.5 Å². The van der Waals surface area contributed by atoms with E-state index in [0.29, 0.717) is 5.92 Å². The van der Waals surface area contributed by atoms with Crippen molar-refractivity contribution in [3.05, 3.63) is 28.8 Å². The molecule has 1 aliphatic rings. The summed E-state index contributed by atoms with van der Waals surface area (Å²) in [5, 5.41) is 3.37. The third-order valence-electron chi connectivity index (χ3n) is 3.90. The third kappa shape index (κ3) is 4.22. The molecule has 2 rings (SSSR count). The molecule has 0 atom stereocenters. The highest BCUT2D eigenvalue weighted by Gasteiger charge is 2.15. The topological polar surface area (TPSA) is 30.5 Å². The molecule has 0 aliphatic carbocycles. The minimum Gasteiger partial charge on any atom is -0.493 e. The first-order valence-corrected chi connectivity index (χ1v) is 7.72. The van der Waals surface area contributed by atoms with Crippen LogP contribution in [0.25, 0.3) is 0 Å². The Morgan fingerprint density at radius 3 is 2.45 bits per heavy atom. The van der Waals surface area contributed by atoms with Gasteiger partial charge in [0.05, 0.1) is 6.61 Å². The normalized spacial score (nSPS) is 16.4. The van der Waals surface area contributed by atoms with E-state index < -0.39 is 0 Å². The Bertz CT molecular complexity index is 402. The highest BCUT2D eigenvalue weighted by atomic mass is 16.5. The van der Waals surface area contributed by atoms with Gasteiger partial charge in [0, 0.05) is 19.8 Å². The van der Waals surface area contributed by atoms with Gasteiger partial charge in [0.25, 0.3) is 0 Å². The van der Waals surface area contributed by atoms with E-state index >= 15 is 0 Å². The quantitative estimate of drug-likeness (QED) is 0.866. The van der Waals surface area contributed by atoms with E-state index in [4.69, 9.17) is 9.47 Å². The van der Waals surface area contributed by atoms with Gasteiger partial charge >= 0.3 is 0 Å². The van der Waals surface area contributed by atoms with Crippen LogP contribution in [0, 0.1) is 19.8 Å². The first-order valence-electron chi connectivity index (χ1n) is 7.72. The Labute approximate surface area is 122 Å². The molecule has 0 saturated carbocycles. The van der Waals surface area contributed by atoms with Gasteiger partial charge < -0.3 is 14.8 Å². The molecule has 1 saturated heterocycles. The van der Waals surface area contributed by atoms with Gasteiger partial charge in [-0.1, -0.05) is 19.1 Å². The Hall–Kier alpha value is -1.06. The van der Waals surface area contributed by atoms with Crippen LogP contribution in [0.15, 0.2) is 12.1 Å². The summed E-state index contributed by atoms with van der Waals surface area (Å²) < 4.78 is 11.5. The average Bonchev–Trinajstić information content (AvgIpc) is 2.45. The molecule has 0 spiro atoms. The van der Waals surface area contributed by atoms with E-state index in [1.165, 1.54) is 16.7 Å². The third-order valence-corrected chi connectivity index (χ3v) is 3.90. The molecule has 3 heteroatoms. The van der Waals surface area contributed by atoms with Gasteiger partial charge in [-0.2, -0.15) is 0 Å². The first-order chi connectivity index (χ1) is 9.70. The van der Waals surface area contributed by atoms with Crippen molar-refractivity contribution in [2.75, 3.05) is 26.4 Å². The Balaban J connectivity index is 1.96. The van der Waals surface area contributed by atoms with E-state index in [2.05, 4.69) is 38.2 Å². The largest absolute Gasteiger partial charge is 0.493 e. The second kappa shape index (κ2) is 7.65. The minimum atomic E-state index is 0.643. The second-order valence-corrected chi connectivity index (χ2v) is 5.71. The fourth-order valence-corrected chi connectivity index (χ4v) is 2.75. The summed E-state index contributed by atoms with van der Waals surface area (Å²) in [7, 11) is 0. The SMILES string of the molecule is CCNCc1cc(C)c(OCC2CCOCC2)c(C)c1. The molecule has 1 fully saturated rings. The van der Waals surface area contributed by atoms with Crippen LogP contribution < -0.4 is 10.1 Å². The van der Waals surface area contributed by atoms with Gasteiger partial charge in [-0.15, -0.1) is 0 Å². The molecule has 0 aromatic heterocycles. The van der Waals surface area contributed by atoms with Crippen molar-refractivity contribution < 1.29 is 9.47 Å². The Kier molecular flexibility index (Phi) is 5.86. The molecule has 3 nitrogen and oxygen atoms in total. The highest BCUT2D eigenvalue weighted by Crippen LogP contribution is 2.26. The lowest BCUT2D eigenvalue weighted by Crippen LogP contribution is -2.22. The van der Waals surface area contributed by atoms with Gasteiger partial charge in [0.1, 0.15) is 5.75 Å². The maximum Gasteiger partial charge on any atom is 0.125 e. The van der Waals surface area contributed by atoms with Crippen LogP contribution in [0.2, 0.25) is 0 Å². The first kappa shape index (κ1) is 15.3. The van der Waals surface area contributed by atoms with Crippen LogP contribution >= 0.6 is 0 Å². The van der Waals surface area contributed by atoms with Gasteiger partial charge in [-0.05, 0) is 55.8 Å². The predicted octanol–water partition coefficient (Wildman–Crippen LogP) is 3.22. The van der Waals surface area contributed by atoms with Crippen LogP contribution in [0.3, 0.4) is 0 Å². The lowest BCUT2D eigenvalue weighted by atomic mass is 10.0. The second-order valence-electron chi connectivity index (χ2n) is 5.71. The number of benzene rings is 1. The number of rotatable bonds is 6. The molecule has 1 heterocycles. The Morgan fingerprint density at radius 2 is 1.85 bits per heavy atom. The summed E-state index contributed by atoms with van der Waals surface area (Å²) in [6, 6.07) is 4.46. The van der Waals surface area contributed by atoms with Crippen molar-refractivity contribution in [2.24, 2.45) is 5.92 Å². The fraction of sp³-hybridized carbons (Fsp3) is 0.647. The maximum atomic E-state index is 6.09. The molecule has 112 valence electrons. The van der Waals surface area contributed by atoms with E-state index in [1.54, 1.807) is 0 Å². The summed E-state index contributed by atoms with van der Waals surface area (Å²) in [6.45, 7) is 10.9. The number of aryl methyl sites for hydroxylation is 2. The monoisotopic (exact) mass is 277 g/mol. The van der Waals surface area contributed by atoms with Crippen LogP contribution in [0.5, 0.6) is 5.75 Å². The summed E-state index contributed by atoms with van der Waals surface area (Å²) in [6.07, 6.45) is 2.24. The molecule has 20 heavy (non-hydrogen) atoms. The number of hydrogen-bond acceptors (Lipinski definition) is 3. The number of ether oxygens (including phenoxy) is 2. The molecular formula is C17H27NO2. The fourth-order valence-electron chi connectivity index (χ4n) is 2.75. The zero-order valence-electron chi connectivity index (χ0n) is 13.0. The molecule has 1 aliphatic heterocycles. The number of nitrogens with one attached hydrogen (secondary N) is 1. The van der Waals surface area contributed by atoms with Crippen molar-refractivity contribution in [1.29, 1.82) is 0 Å². The van der Waals surface area contributed by atoms with Crippen LogP contribution in [-0.2, 0) is 11.3 Å². The Morgan fingerprint density at radius 1 is 1.20 bits per heavy atom. The maximum absolute atomic E-state index is 6.09. The van der Waals surface area contributed by atoms with Crippen molar-refractivity contribution >= 4 is 0 Å². The van der Waals surface area contributed by atoms with E-state index in [-0.39, 0.29) is 0 Å². The van der Waals surface area contributed by atoms with Crippen molar-refractivity contribution in [2.45, 2.75) is 40.2 Å². The lowest BCUT2D eigenvalue weighted by molar-refractivity contribution is 0.0495. The van der Waals surface area contributed by atoms with Crippen molar-refractivity contribution in [3.63, 3.8) is 0 Å². The van der Waals surface area contributed by atoms with Crippen molar-refractivity contribution in [1.82, 2.24) is 5.32 Å². The van der Waals surface area contributed by atoms with Gasteiger partial charge in [-0.25, -0.2) is 0 Å². The summed E-state index contributed by atoms with van der Waals surface area (Å²) >= 11 is 0. The van der Waals surface area contributed by atoms with Gasteiger partial charge in [0.2, 0.25) is 0 Å². The lowest BCUT2D eigenvalue weighted by Gasteiger charge is -2.23. The molecule has 0 radical (unpaired) electrons. The summed E-state index contributed by atoms with van der Waals surface area (Å²) in [5.74, 6) is 1.71. The molecule has 1 aromatic carbocycles. The van der Waals surface area contributed by atoms with E-state index in [9.17, 15) is 0 Å². The highest BCUT2D eigenvalue weighted by molar-refractivity contribution is 5.43. The van der Waals surface area contributed by atoms with Crippen LogP contribution in [0.1, 0.15) is 36.5 Å². The molecular weight excluding hydrogens is 250 g/mol. The standard InChI is InChI=1S/C17H27NO2/c1-4-18-11-16-9-13(2)17(14(3)10-16)20-12-15-5-7-19-8-6-15/h9-10,15,18H,4-8,11-12H2,1-3H3. The smallest absolute Gasteiger partial charge is 0.125 e. The average molecular weight is 277 g/mol. The number of hydrogen-bond donors (Lipinski definition) is 1. The summed E-state index contributed by atoms with van der Waals surface area (Å²) in [5.41, 5.74) is 3.81. The molecule has 0 unspecified atom stereocenters. The molecule has 1 aromatic rings. The minimum absolute atomic E-state index is 0.643. The van der Waals surface area contributed by atoms with Gasteiger partial charge in [-0.3, -0.25) is 0 Å². The van der Waals surface area contributed by atoms with Crippen molar-refractivity contribution in [3.8, 4) is 5.75 Å². The predicted molar refractivity (Wildman–Crippen MR) is 82.3 cm³/mol. The van der Waals surface area contributed by atoms with Crippen LogP contribution in [-0.4, -0.2) is 26.4 Å². The van der Waals surface area contributed by atoms with Gasteiger partial charge in [0.15, 0.2) is 0 Å². The molecule has 1 N–H and O–H groups in total. The zero-order valence-corrected chi connectivity index (χ0v) is 13.0. The van der Waals surface area contributed by atoms with E-state index in [1.807, 2.05) is 0 Å². The summed E-state index contributed by atoms with van der Waals surface area (Å²) in [4.78, 5) is 0. The zero-order chi connectivity index (χ0) is 14.4.